The first-order valence-electron chi connectivity index (χ1n) is 16.9. The minimum absolute atomic E-state index is 0. The topological polar surface area (TPSA) is 194 Å². The summed E-state index contributed by atoms with van der Waals surface area (Å²) in [6, 6.07) is 18.4. The van der Waals surface area contributed by atoms with Crippen molar-refractivity contribution in [3.05, 3.63) is 71.8 Å². The molecule has 0 spiro atoms. The van der Waals surface area contributed by atoms with Crippen molar-refractivity contribution in [3.8, 4) is 0 Å². The van der Waals surface area contributed by atoms with Crippen LogP contribution in [0.3, 0.4) is 0 Å². The van der Waals surface area contributed by atoms with E-state index >= 15 is 0 Å². The Kier molecular flexibility index (Phi) is 23.5. The van der Waals surface area contributed by atoms with Crippen LogP contribution in [0.1, 0.15) is 75.8 Å². The molecule has 2 aromatic rings. The molecule has 2 aromatic carbocycles. The zero-order chi connectivity index (χ0) is 34.8. The molecule has 0 radical (unpaired) electrons. The van der Waals surface area contributed by atoms with Crippen LogP contribution >= 0.6 is 12.4 Å². The Labute approximate surface area is 297 Å². The largest absolute Gasteiger partial charge is 0.445 e. The van der Waals surface area contributed by atoms with Crippen molar-refractivity contribution in [2.75, 3.05) is 32.7 Å². The molecule has 0 aliphatic rings. The molecule has 0 saturated heterocycles. The number of rotatable bonds is 24. The van der Waals surface area contributed by atoms with E-state index in [1.807, 2.05) is 60.7 Å². The maximum Gasteiger partial charge on any atom is 0.410 e. The van der Waals surface area contributed by atoms with E-state index in [0.29, 0.717) is 58.4 Å². The van der Waals surface area contributed by atoms with Crippen LogP contribution in [0, 0.1) is 0 Å². The highest BCUT2D eigenvalue weighted by Gasteiger charge is 2.17. The number of nitrogens with two attached hydrogens (primary N) is 2. The number of hydrogen-bond donors (Lipinski definition) is 6. The van der Waals surface area contributed by atoms with Crippen LogP contribution in [0.5, 0.6) is 0 Å². The number of halogens is 1. The summed E-state index contributed by atoms with van der Waals surface area (Å²) in [6.45, 7) is 4.42. The summed E-state index contributed by atoms with van der Waals surface area (Å²) in [5.74, 6) is 0.0189. The van der Waals surface area contributed by atoms with E-state index in [4.69, 9.17) is 20.9 Å². The Morgan fingerprint density at radius 1 is 0.796 bits per heavy atom. The normalized spacial score (nSPS) is 11.7. The predicted octanol–water partition coefficient (Wildman–Crippen LogP) is 4.17. The van der Waals surface area contributed by atoms with Gasteiger partial charge in [-0.05, 0) is 56.7 Å². The van der Waals surface area contributed by atoms with E-state index in [-0.39, 0.29) is 37.5 Å². The van der Waals surface area contributed by atoms with Crippen molar-refractivity contribution >= 4 is 36.5 Å². The highest BCUT2D eigenvalue weighted by molar-refractivity contribution is 5.85. The standard InChI is InChI=1S/C35H55N7O6.ClH/c1-28(41-31(43)20-11-3-2-4-12-22-39-33(36)37)32(44)38-21-13-14-24-42(35(46)48-27-30-18-9-6-10-19-30)25-15-23-40-34(45)47-26-29-16-7-5-8-17-29;/h5-10,16-19,28,32,38,44H,2-4,11-15,20-27H2,1H3,(H,40,45)(H,41,43)(H4,36,37,39);1H. The van der Waals surface area contributed by atoms with E-state index in [9.17, 15) is 19.5 Å². The molecule has 14 heteroatoms. The fourth-order valence-corrected chi connectivity index (χ4v) is 4.73. The lowest BCUT2D eigenvalue weighted by atomic mass is 10.1. The molecular formula is C35H56ClN7O6. The van der Waals surface area contributed by atoms with Gasteiger partial charge in [-0.3, -0.25) is 15.1 Å². The molecule has 0 heterocycles. The second-order valence-corrected chi connectivity index (χ2v) is 11.7. The number of nitrogens with one attached hydrogen (secondary N) is 3. The van der Waals surface area contributed by atoms with E-state index in [1.165, 1.54) is 0 Å². The molecule has 8 N–H and O–H groups in total. The number of aliphatic hydroxyl groups excluding tert-OH is 1. The zero-order valence-electron chi connectivity index (χ0n) is 28.7. The predicted molar refractivity (Wildman–Crippen MR) is 194 cm³/mol. The number of carbonyl (C=O) groups excluding carboxylic acids is 3. The van der Waals surface area contributed by atoms with Crippen molar-refractivity contribution in [3.63, 3.8) is 0 Å². The van der Waals surface area contributed by atoms with Crippen LogP contribution in [0.25, 0.3) is 0 Å². The van der Waals surface area contributed by atoms with Crippen molar-refractivity contribution in [2.45, 2.75) is 90.2 Å². The number of nitrogens with zero attached hydrogens (tertiary/aromatic N) is 2. The lowest BCUT2D eigenvalue weighted by molar-refractivity contribution is -0.122. The van der Waals surface area contributed by atoms with Gasteiger partial charge in [-0.25, -0.2) is 9.59 Å². The van der Waals surface area contributed by atoms with E-state index in [1.54, 1.807) is 11.8 Å². The van der Waals surface area contributed by atoms with Crippen LogP contribution in [-0.4, -0.2) is 79.1 Å². The lowest BCUT2D eigenvalue weighted by Crippen LogP contribution is -2.48. The van der Waals surface area contributed by atoms with Gasteiger partial charge in [-0.2, -0.15) is 0 Å². The first kappa shape index (κ1) is 43.0. The van der Waals surface area contributed by atoms with E-state index < -0.39 is 24.5 Å². The molecule has 49 heavy (non-hydrogen) atoms. The Bertz CT molecular complexity index is 1210. The number of ether oxygens (including phenoxy) is 2. The molecule has 2 rings (SSSR count). The third-order valence-electron chi connectivity index (χ3n) is 7.48. The van der Waals surface area contributed by atoms with Crippen LogP contribution in [0.4, 0.5) is 9.59 Å². The number of carbonyl (C=O) groups is 3. The third kappa shape index (κ3) is 21.5. The van der Waals surface area contributed by atoms with Gasteiger partial charge in [0.2, 0.25) is 5.91 Å². The average molecular weight is 706 g/mol. The molecule has 2 unspecified atom stereocenters. The minimum atomic E-state index is -0.899. The van der Waals surface area contributed by atoms with Crippen molar-refractivity contribution in [1.82, 2.24) is 20.9 Å². The monoisotopic (exact) mass is 705 g/mol. The summed E-state index contributed by atoms with van der Waals surface area (Å²) in [5.41, 5.74) is 12.4. The Morgan fingerprint density at radius 3 is 2.04 bits per heavy atom. The number of guanidine groups is 1. The Balaban J connectivity index is 0.0000120. The SMILES string of the molecule is CC(NC(=O)CCCCCCCN=C(N)N)C(O)NCCCCN(CCCNC(=O)OCc1ccccc1)C(=O)OCc1ccccc1.Cl. The lowest BCUT2D eigenvalue weighted by Gasteiger charge is -2.23. The van der Waals surface area contributed by atoms with Crippen molar-refractivity contribution in [2.24, 2.45) is 16.5 Å². The second kappa shape index (κ2) is 26.8. The number of aliphatic imine (C=N–C) groups is 1. The quantitative estimate of drug-likeness (QED) is 0.0402. The van der Waals surface area contributed by atoms with Gasteiger partial charge >= 0.3 is 12.2 Å². The van der Waals surface area contributed by atoms with Gasteiger partial charge < -0.3 is 41.6 Å². The van der Waals surface area contributed by atoms with Crippen molar-refractivity contribution < 1.29 is 29.0 Å². The number of hydrogen-bond acceptors (Lipinski definition) is 8. The summed E-state index contributed by atoms with van der Waals surface area (Å²) < 4.78 is 10.8. The Hall–Kier alpha value is -4.07. The highest BCUT2D eigenvalue weighted by atomic mass is 35.5. The molecule has 13 nitrogen and oxygen atoms in total. The first-order chi connectivity index (χ1) is 23.2. The maximum absolute atomic E-state index is 12.9. The first-order valence-corrected chi connectivity index (χ1v) is 16.9. The summed E-state index contributed by atoms with van der Waals surface area (Å²) in [7, 11) is 0. The molecule has 0 aliphatic heterocycles. The van der Waals surface area contributed by atoms with Gasteiger partial charge in [0.05, 0.1) is 6.04 Å². The van der Waals surface area contributed by atoms with Gasteiger partial charge in [0.25, 0.3) is 0 Å². The number of amides is 3. The van der Waals surface area contributed by atoms with Crippen LogP contribution in [0.15, 0.2) is 65.7 Å². The van der Waals surface area contributed by atoms with Gasteiger partial charge in [-0.15, -0.1) is 12.4 Å². The molecule has 0 bridgehead atoms. The fourth-order valence-electron chi connectivity index (χ4n) is 4.73. The van der Waals surface area contributed by atoms with Crippen LogP contribution in [0.2, 0.25) is 0 Å². The Morgan fingerprint density at radius 2 is 1.39 bits per heavy atom. The highest BCUT2D eigenvalue weighted by Crippen LogP contribution is 2.08. The number of aliphatic hydroxyl groups is 1. The van der Waals surface area contributed by atoms with Crippen LogP contribution < -0.4 is 27.4 Å². The molecule has 0 aromatic heterocycles. The van der Waals surface area contributed by atoms with Crippen LogP contribution in [-0.2, 0) is 27.5 Å². The molecule has 274 valence electrons. The van der Waals surface area contributed by atoms with Gasteiger partial charge in [0.1, 0.15) is 19.4 Å². The summed E-state index contributed by atoms with van der Waals surface area (Å²) in [6.07, 6.45) is 5.10. The smallest absolute Gasteiger partial charge is 0.410 e. The molecule has 0 saturated carbocycles. The second-order valence-electron chi connectivity index (χ2n) is 11.7. The van der Waals surface area contributed by atoms with E-state index in [0.717, 1.165) is 43.2 Å². The fraction of sp³-hybridized carbons (Fsp3) is 0.543. The summed E-state index contributed by atoms with van der Waals surface area (Å²) in [5, 5.41) is 19.1. The summed E-state index contributed by atoms with van der Waals surface area (Å²) in [4.78, 5) is 42.9. The average Bonchev–Trinajstić information content (AvgIpc) is 3.08. The number of alkyl carbamates (subject to hydrolysis) is 1. The minimum Gasteiger partial charge on any atom is -0.445 e. The molecular weight excluding hydrogens is 650 g/mol. The molecule has 0 aliphatic carbocycles. The third-order valence-corrected chi connectivity index (χ3v) is 7.48. The number of unbranched alkanes of at least 4 members (excludes halogenated alkanes) is 5. The molecule has 2 atom stereocenters. The molecule has 0 fully saturated rings. The number of benzene rings is 2. The van der Waals surface area contributed by atoms with Gasteiger partial charge in [0, 0.05) is 32.6 Å². The maximum atomic E-state index is 12.9. The van der Waals surface area contributed by atoms with E-state index in [2.05, 4.69) is 20.9 Å². The molecule has 3 amide bonds. The zero-order valence-corrected chi connectivity index (χ0v) is 29.5. The van der Waals surface area contributed by atoms with Crippen molar-refractivity contribution in [1.29, 1.82) is 0 Å². The van der Waals surface area contributed by atoms with Gasteiger partial charge in [-0.1, -0.05) is 79.9 Å². The van der Waals surface area contributed by atoms with Gasteiger partial charge in [0.15, 0.2) is 5.96 Å². The summed E-state index contributed by atoms with van der Waals surface area (Å²) >= 11 is 0.